The Morgan fingerprint density at radius 1 is 1.25 bits per heavy atom. The SMILES string of the molecule is CC(C)(C)C(=O)Nc1cccc(Oc2cnccn2)c1. The Balaban J connectivity index is 2.10. The van der Waals surface area contributed by atoms with Gasteiger partial charge in [0, 0.05) is 29.6 Å². The molecule has 0 bridgehead atoms. The van der Waals surface area contributed by atoms with Crippen molar-refractivity contribution in [2.45, 2.75) is 20.8 Å². The van der Waals surface area contributed by atoms with E-state index in [-0.39, 0.29) is 5.91 Å². The van der Waals surface area contributed by atoms with E-state index in [1.165, 1.54) is 6.20 Å². The van der Waals surface area contributed by atoms with Gasteiger partial charge in [-0.25, -0.2) is 4.98 Å². The third-order valence-electron chi connectivity index (χ3n) is 2.53. The zero-order valence-corrected chi connectivity index (χ0v) is 11.8. The van der Waals surface area contributed by atoms with Gasteiger partial charge in [0.25, 0.3) is 0 Å². The smallest absolute Gasteiger partial charge is 0.237 e. The van der Waals surface area contributed by atoms with E-state index in [0.29, 0.717) is 17.3 Å². The molecule has 2 aromatic rings. The van der Waals surface area contributed by atoms with Gasteiger partial charge >= 0.3 is 0 Å². The third-order valence-corrected chi connectivity index (χ3v) is 2.53. The van der Waals surface area contributed by atoms with Gasteiger partial charge in [0.2, 0.25) is 11.8 Å². The van der Waals surface area contributed by atoms with Crippen molar-refractivity contribution in [1.29, 1.82) is 0 Å². The van der Waals surface area contributed by atoms with Crippen molar-refractivity contribution in [1.82, 2.24) is 9.97 Å². The van der Waals surface area contributed by atoms with Gasteiger partial charge in [-0.2, -0.15) is 0 Å². The first-order valence-corrected chi connectivity index (χ1v) is 6.30. The van der Waals surface area contributed by atoms with Crippen LogP contribution in [0.1, 0.15) is 20.8 Å². The van der Waals surface area contributed by atoms with Crippen LogP contribution in [-0.2, 0) is 4.79 Å². The second-order valence-corrected chi connectivity index (χ2v) is 5.38. The van der Waals surface area contributed by atoms with Crippen LogP contribution in [0, 0.1) is 5.41 Å². The van der Waals surface area contributed by atoms with Crippen molar-refractivity contribution in [3.63, 3.8) is 0 Å². The van der Waals surface area contributed by atoms with Gasteiger partial charge < -0.3 is 10.1 Å². The second-order valence-electron chi connectivity index (χ2n) is 5.38. The summed E-state index contributed by atoms with van der Waals surface area (Å²) >= 11 is 0. The molecule has 0 saturated heterocycles. The summed E-state index contributed by atoms with van der Waals surface area (Å²) in [6.07, 6.45) is 4.66. The monoisotopic (exact) mass is 271 g/mol. The van der Waals surface area contributed by atoms with Crippen LogP contribution in [0.15, 0.2) is 42.9 Å². The molecule has 5 heteroatoms. The Kier molecular flexibility index (Phi) is 3.98. The zero-order chi connectivity index (χ0) is 14.6. The van der Waals surface area contributed by atoms with Gasteiger partial charge in [-0.3, -0.25) is 9.78 Å². The van der Waals surface area contributed by atoms with E-state index >= 15 is 0 Å². The number of benzene rings is 1. The molecule has 0 aliphatic carbocycles. The number of nitrogens with one attached hydrogen (secondary N) is 1. The summed E-state index contributed by atoms with van der Waals surface area (Å²) in [5.41, 5.74) is 0.244. The summed E-state index contributed by atoms with van der Waals surface area (Å²) in [5, 5.41) is 2.85. The number of carbonyl (C=O) groups excluding carboxylic acids is 1. The highest BCUT2D eigenvalue weighted by Gasteiger charge is 2.21. The first-order valence-electron chi connectivity index (χ1n) is 6.30. The quantitative estimate of drug-likeness (QED) is 0.930. The number of anilines is 1. The predicted molar refractivity (Wildman–Crippen MR) is 76.6 cm³/mol. The first-order chi connectivity index (χ1) is 9.45. The number of carbonyl (C=O) groups is 1. The van der Waals surface area contributed by atoms with Crippen LogP contribution >= 0.6 is 0 Å². The number of rotatable bonds is 3. The summed E-state index contributed by atoms with van der Waals surface area (Å²) in [7, 11) is 0. The van der Waals surface area contributed by atoms with Crippen molar-refractivity contribution < 1.29 is 9.53 Å². The van der Waals surface area contributed by atoms with Gasteiger partial charge in [-0.05, 0) is 12.1 Å². The number of aromatic nitrogens is 2. The van der Waals surface area contributed by atoms with Crippen molar-refractivity contribution >= 4 is 11.6 Å². The fourth-order valence-corrected chi connectivity index (χ4v) is 1.41. The maximum absolute atomic E-state index is 11.9. The fraction of sp³-hybridized carbons (Fsp3) is 0.267. The maximum Gasteiger partial charge on any atom is 0.237 e. The summed E-state index contributed by atoms with van der Waals surface area (Å²) in [5.74, 6) is 0.957. The Bertz CT molecular complexity index is 592. The molecule has 0 unspecified atom stereocenters. The highest BCUT2D eigenvalue weighted by Crippen LogP contribution is 2.23. The van der Waals surface area contributed by atoms with Crippen molar-refractivity contribution in [3.05, 3.63) is 42.9 Å². The zero-order valence-electron chi connectivity index (χ0n) is 11.8. The molecule has 0 spiro atoms. The van der Waals surface area contributed by atoms with Crippen LogP contribution in [0.25, 0.3) is 0 Å². The lowest BCUT2D eigenvalue weighted by atomic mass is 9.95. The van der Waals surface area contributed by atoms with E-state index in [4.69, 9.17) is 4.74 Å². The van der Waals surface area contributed by atoms with Gasteiger partial charge in [0.15, 0.2) is 0 Å². The van der Waals surface area contributed by atoms with Crippen molar-refractivity contribution in [2.24, 2.45) is 5.41 Å². The lowest BCUT2D eigenvalue weighted by molar-refractivity contribution is -0.123. The minimum Gasteiger partial charge on any atom is -0.437 e. The largest absolute Gasteiger partial charge is 0.437 e. The van der Waals surface area contributed by atoms with Crippen LogP contribution in [0.2, 0.25) is 0 Å². The molecular formula is C15H17N3O2. The van der Waals surface area contributed by atoms with E-state index in [1.54, 1.807) is 24.5 Å². The molecule has 104 valence electrons. The topological polar surface area (TPSA) is 64.1 Å². The Labute approximate surface area is 118 Å². The lowest BCUT2D eigenvalue weighted by Gasteiger charge is -2.17. The normalized spacial score (nSPS) is 10.9. The molecule has 0 radical (unpaired) electrons. The Morgan fingerprint density at radius 2 is 2.05 bits per heavy atom. The number of ether oxygens (including phenoxy) is 1. The molecule has 0 aliphatic heterocycles. The third kappa shape index (κ3) is 3.78. The molecule has 20 heavy (non-hydrogen) atoms. The highest BCUT2D eigenvalue weighted by molar-refractivity contribution is 5.94. The summed E-state index contributed by atoms with van der Waals surface area (Å²) in [4.78, 5) is 19.9. The van der Waals surface area contributed by atoms with Gasteiger partial charge in [-0.15, -0.1) is 0 Å². The maximum atomic E-state index is 11.9. The first kappa shape index (κ1) is 14.0. The van der Waals surface area contributed by atoms with Crippen LogP contribution in [0.3, 0.4) is 0 Å². The molecule has 1 aromatic heterocycles. The average molecular weight is 271 g/mol. The van der Waals surface area contributed by atoms with Gasteiger partial charge in [0.1, 0.15) is 5.75 Å². The minimum absolute atomic E-state index is 0.0471. The summed E-state index contributed by atoms with van der Waals surface area (Å²) < 4.78 is 5.56. The molecule has 0 atom stereocenters. The van der Waals surface area contributed by atoms with Crippen LogP contribution in [0.4, 0.5) is 5.69 Å². The van der Waals surface area contributed by atoms with Crippen LogP contribution in [-0.4, -0.2) is 15.9 Å². The highest BCUT2D eigenvalue weighted by atomic mass is 16.5. The van der Waals surface area contributed by atoms with Crippen LogP contribution < -0.4 is 10.1 Å². The Hall–Kier alpha value is -2.43. The lowest BCUT2D eigenvalue weighted by Crippen LogP contribution is -2.27. The van der Waals surface area contributed by atoms with Crippen LogP contribution in [0.5, 0.6) is 11.6 Å². The molecule has 0 aliphatic rings. The molecule has 0 fully saturated rings. The molecule has 1 N–H and O–H groups in total. The van der Waals surface area contributed by atoms with E-state index in [0.717, 1.165) is 0 Å². The van der Waals surface area contributed by atoms with E-state index in [1.807, 2.05) is 32.9 Å². The molecule has 2 rings (SSSR count). The van der Waals surface area contributed by atoms with E-state index in [2.05, 4.69) is 15.3 Å². The van der Waals surface area contributed by atoms with E-state index in [9.17, 15) is 4.79 Å². The Morgan fingerprint density at radius 3 is 2.70 bits per heavy atom. The molecule has 5 nitrogen and oxygen atoms in total. The van der Waals surface area contributed by atoms with Crippen molar-refractivity contribution in [3.8, 4) is 11.6 Å². The number of nitrogens with zero attached hydrogens (tertiary/aromatic N) is 2. The number of hydrogen-bond donors (Lipinski definition) is 1. The average Bonchev–Trinajstić information content (AvgIpc) is 2.39. The number of amides is 1. The predicted octanol–water partition coefficient (Wildman–Crippen LogP) is 3.25. The molecule has 1 amide bonds. The molecule has 0 saturated carbocycles. The summed E-state index contributed by atoms with van der Waals surface area (Å²) in [6.45, 7) is 5.59. The van der Waals surface area contributed by atoms with Crippen molar-refractivity contribution in [2.75, 3.05) is 5.32 Å². The fourth-order valence-electron chi connectivity index (χ4n) is 1.41. The van der Waals surface area contributed by atoms with E-state index < -0.39 is 5.41 Å². The summed E-state index contributed by atoms with van der Waals surface area (Å²) in [6, 6.07) is 7.16. The molecule has 1 aromatic carbocycles. The minimum atomic E-state index is -0.443. The molecule has 1 heterocycles. The molecular weight excluding hydrogens is 254 g/mol. The standard InChI is InChI=1S/C15H17N3O2/c1-15(2,3)14(19)18-11-5-4-6-12(9-11)20-13-10-16-7-8-17-13/h4-10H,1-3H3,(H,18,19). The number of hydrogen-bond acceptors (Lipinski definition) is 4. The van der Waals surface area contributed by atoms with Gasteiger partial charge in [0.05, 0.1) is 6.20 Å². The second kappa shape index (κ2) is 5.69. The van der Waals surface area contributed by atoms with Gasteiger partial charge in [-0.1, -0.05) is 26.8 Å².